The van der Waals surface area contributed by atoms with Gasteiger partial charge in [-0.2, -0.15) is 0 Å². The van der Waals surface area contributed by atoms with Crippen molar-refractivity contribution in [2.45, 2.75) is 11.0 Å². The smallest absolute Gasteiger partial charge is 0.337 e. The predicted octanol–water partition coefficient (Wildman–Crippen LogP) is 2.55. The van der Waals surface area contributed by atoms with Gasteiger partial charge in [0, 0.05) is 0 Å². The van der Waals surface area contributed by atoms with Gasteiger partial charge >= 0.3 is 5.97 Å². The summed E-state index contributed by atoms with van der Waals surface area (Å²) in [6.45, 7) is 0. The molecular weight excluding hydrogens is 328 g/mol. The lowest BCUT2D eigenvalue weighted by Gasteiger charge is -2.12. The maximum atomic E-state index is 12.3. The van der Waals surface area contributed by atoms with Crippen LogP contribution in [-0.4, -0.2) is 30.4 Å². The minimum absolute atomic E-state index is 0.127. The molecule has 0 amide bonds. The molecule has 0 heterocycles. The third-order valence-corrected chi connectivity index (χ3v) is 5.13. The second kappa shape index (κ2) is 6.48. The van der Waals surface area contributed by atoms with Crippen molar-refractivity contribution in [2.24, 2.45) is 0 Å². The lowest BCUT2D eigenvalue weighted by Crippen LogP contribution is -2.15. The Balaban J connectivity index is 2.27. The number of benzene rings is 2. The van der Waals surface area contributed by atoms with E-state index < -0.39 is 27.7 Å². The van der Waals surface area contributed by atoms with Gasteiger partial charge in [-0.25, -0.2) is 13.2 Å². The van der Waals surface area contributed by atoms with E-state index in [2.05, 4.69) is 0 Å². The summed E-state index contributed by atoms with van der Waals surface area (Å²) in [5.74, 6) is -1.75. The average Bonchev–Trinajstić information content (AvgIpc) is 2.47. The van der Waals surface area contributed by atoms with Gasteiger partial charge in [0.1, 0.15) is 0 Å². The summed E-state index contributed by atoms with van der Waals surface area (Å²) >= 11 is 5.78. The van der Waals surface area contributed by atoms with E-state index in [1.807, 2.05) is 0 Å². The van der Waals surface area contributed by atoms with Crippen molar-refractivity contribution in [2.75, 3.05) is 5.75 Å². The number of hydrogen-bond donors (Lipinski definition) is 2. The van der Waals surface area contributed by atoms with Gasteiger partial charge < -0.3 is 10.2 Å². The fraction of sp³-hybridized carbons (Fsp3) is 0.133. The Morgan fingerprint density at radius 2 is 1.77 bits per heavy atom. The van der Waals surface area contributed by atoms with Gasteiger partial charge in [0.2, 0.25) is 0 Å². The summed E-state index contributed by atoms with van der Waals surface area (Å²) in [5.41, 5.74) is 0.309. The van der Waals surface area contributed by atoms with Crippen LogP contribution in [0.15, 0.2) is 53.4 Å². The van der Waals surface area contributed by atoms with E-state index in [-0.39, 0.29) is 15.5 Å². The van der Waals surface area contributed by atoms with Crippen LogP contribution in [0.3, 0.4) is 0 Å². The summed E-state index contributed by atoms with van der Waals surface area (Å²) in [5, 5.41) is 18.7. The van der Waals surface area contributed by atoms with E-state index in [0.717, 1.165) is 12.1 Å². The van der Waals surface area contributed by atoms with Crippen LogP contribution in [0.1, 0.15) is 22.0 Å². The number of halogens is 1. The lowest BCUT2D eigenvalue weighted by atomic mass is 10.1. The van der Waals surface area contributed by atoms with Gasteiger partial charge in [0.25, 0.3) is 0 Å². The van der Waals surface area contributed by atoms with Crippen LogP contribution < -0.4 is 0 Å². The molecule has 1 atom stereocenters. The molecule has 0 aliphatic rings. The Morgan fingerprint density at radius 1 is 1.14 bits per heavy atom. The van der Waals surface area contributed by atoms with Gasteiger partial charge in [-0.3, -0.25) is 0 Å². The Hall–Kier alpha value is -1.89. The zero-order valence-corrected chi connectivity index (χ0v) is 12.9. The summed E-state index contributed by atoms with van der Waals surface area (Å²) in [6.07, 6.45) is -1.18. The molecule has 0 bridgehead atoms. The van der Waals surface area contributed by atoms with Crippen molar-refractivity contribution < 1.29 is 23.4 Å². The third-order valence-electron chi connectivity index (χ3n) is 3.09. The number of sulfone groups is 1. The SMILES string of the molecule is O=C(O)c1ccc(S(=O)(=O)CC(O)c2ccccc2)cc1Cl. The van der Waals surface area contributed by atoms with Gasteiger partial charge in [0.05, 0.1) is 27.3 Å². The molecule has 0 saturated carbocycles. The molecule has 0 aromatic heterocycles. The molecule has 116 valence electrons. The van der Waals surface area contributed by atoms with Gasteiger partial charge in [-0.1, -0.05) is 41.9 Å². The largest absolute Gasteiger partial charge is 0.478 e. The molecule has 2 N–H and O–H groups in total. The second-order valence-electron chi connectivity index (χ2n) is 4.65. The molecule has 0 spiro atoms. The van der Waals surface area contributed by atoms with E-state index in [1.165, 1.54) is 6.07 Å². The molecule has 0 radical (unpaired) electrons. The molecule has 5 nitrogen and oxygen atoms in total. The Kier molecular flexibility index (Phi) is 4.85. The quantitative estimate of drug-likeness (QED) is 0.872. The molecule has 2 aromatic carbocycles. The molecule has 1 unspecified atom stereocenters. The second-order valence-corrected chi connectivity index (χ2v) is 7.10. The van der Waals surface area contributed by atoms with Crippen LogP contribution in [-0.2, 0) is 9.84 Å². The van der Waals surface area contributed by atoms with Crippen LogP contribution in [0.5, 0.6) is 0 Å². The Labute approximate surface area is 132 Å². The van der Waals surface area contributed by atoms with Crippen molar-refractivity contribution in [3.8, 4) is 0 Å². The number of carbonyl (C=O) groups is 1. The molecular formula is C15H13ClO5S. The van der Waals surface area contributed by atoms with Crippen LogP contribution in [0.25, 0.3) is 0 Å². The maximum absolute atomic E-state index is 12.3. The van der Waals surface area contributed by atoms with Crippen molar-refractivity contribution in [3.05, 3.63) is 64.7 Å². The van der Waals surface area contributed by atoms with Crippen molar-refractivity contribution >= 4 is 27.4 Å². The normalized spacial score (nSPS) is 12.8. The standard InChI is InChI=1S/C15H13ClO5S/c16-13-8-11(6-7-12(13)15(18)19)22(20,21)9-14(17)10-4-2-1-3-5-10/h1-8,14,17H,9H2,(H,18,19). The van der Waals surface area contributed by atoms with Crippen molar-refractivity contribution in [1.29, 1.82) is 0 Å². The lowest BCUT2D eigenvalue weighted by molar-refractivity contribution is 0.0697. The van der Waals surface area contributed by atoms with E-state index in [9.17, 15) is 18.3 Å². The highest BCUT2D eigenvalue weighted by Gasteiger charge is 2.22. The molecule has 0 saturated heterocycles. The first-order valence-electron chi connectivity index (χ1n) is 6.30. The van der Waals surface area contributed by atoms with Gasteiger partial charge in [-0.15, -0.1) is 0 Å². The minimum atomic E-state index is -3.80. The van der Waals surface area contributed by atoms with Crippen LogP contribution in [0.2, 0.25) is 5.02 Å². The molecule has 0 fully saturated rings. The maximum Gasteiger partial charge on any atom is 0.337 e. The Bertz CT molecular complexity index is 787. The molecule has 0 aliphatic heterocycles. The van der Waals surface area contributed by atoms with Crippen molar-refractivity contribution in [1.82, 2.24) is 0 Å². The first kappa shape index (κ1) is 16.5. The highest BCUT2D eigenvalue weighted by atomic mass is 35.5. The molecule has 2 rings (SSSR count). The van der Waals surface area contributed by atoms with Gasteiger partial charge in [0.15, 0.2) is 9.84 Å². The zero-order valence-electron chi connectivity index (χ0n) is 11.3. The number of aliphatic hydroxyl groups excluding tert-OH is 1. The summed E-state index contributed by atoms with van der Waals surface area (Å²) < 4.78 is 24.6. The minimum Gasteiger partial charge on any atom is -0.478 e. The highest BCUT2D eigenvalue weighted by Crippen LogP contribution is 2.24. The van der Waals surface area contributed by atoms with E-state index in [4.69, 9.17) is 16.7 Å². The topological polar surface area (TPSA) is 91.7 Å². The first-order valence-corrected chi connectivity index (χ1v) is 8.33. The molecule has 22 heavy (non-hydrogen) atoms. The van der Waals surface area contributed by atoms with Crippen LogP contribution in [0.4, 0.5) is 0 Å². The number of aliphatic hydroxyl groups is 1. The predicted molar refractivity (Wildman–Crippen MR) is 81.9 cm³/mol. The van der Waals surface area contributed by atoms with Gasteiger partial charge in [-0.05, 0) is 23.8 Å². The average molecular weight is 341 g/mol. The van der Waals surface area contributed by atoms with E-state index >= 15 is 0 Å². The van der Waals surface area contributed by atoms with Crippen molar-refractivity contribution in [3.63, 3.8) is 0 Å². The number of aromatic carboxylic acids is 1. The molecule has 0 aliphatic carbocycles. The van der Waals surface area contributed by atoms with E-state index in [0.29, 0.717) is 5.56 Å². The zero-order chi connectivity index (χ0) is 16.3. The number of rotatable bonds is 5. The molecule has 2 aromatic rings. The monoisotopic (exact) mass is 340 g/mol. The fourth-order valence-corrected chi connectivity index (χ4v) is 3.64. The number of hydrogen-bond acceptors (Lipinski definition) is 4. The molecule has 7 heteroatoms. The summed E-state index contributed by atoms with van der Waals surface area (Å²) in [7, 11) is -3.80. The number of carboxylic acid groups (broad SMARTS) is 1. The van der Waals surface area contributed by atoms with Crippen LogP contribution in [0, 0.1) is 0 Å². The summed E-state index contributed by atoms with van der Waals surface area (Å²) in [4.78, 5) is 10.7. The first-order chi connectivity index (χ1) is 10.3. The highest BCUT2D eigenvalue weighted by molar-refractivity contribution is 7.91. The Morgan fingerprint density at radius 3 is 2.32 bits per heavy atom. The third kappa shape index (κ3) is 3.65. The number of carboxylic acids is 1. The fourth-order valence-electron chi connectivity index (χ4n) is 1.94. The van der Waals surface area contributed by atoms with E-state index in [1.54, 1.807) is 30.3 Å². The van der Waals surface area contributed by atoms with Crippen LogP contribution >= 0.6 is 11.6 Å². The summed E-state index contributed by atoms with van der Waals surface area (Å²) in [6, 6.07) is 11.8.